The molecule has 0 unspecified atom stereocenters. The highest BCUT2D eigenvalue weighted by atomic mass is 16.5. The standard InChI is InChI=1S/C13H17N3O2/c1-3-4-5-10-6-8-11(9-7-10)16-13(17)14-12(15-16)18-2/h6-9H,3-5H2,1-2H3,(H,14,15,17). The van der Waals surface area contributed by atoms with Crippen LogP contribution in [0.2, 0.25) is 0 Å². The lowest BCUT2D eigenvalue weighted by Gasteiger charge is -2.02. The van der Waals surface area contributed by atoms with E-state index in [9.17, 15) is 4.79 Å². The number of hydrogen-bond donors (Lipinski definition) is 1. The lowest BCUT2D eigenvalue weighted by atomic mass is 10.1. The van der Waals surface area contributed by atoms with E-state index in [0.717, 1.165) is 12.1 Å². The Morgan fingerprint density at radius 3 is 2.61 bits per heavy atom. The molecule has 1 aromatic heterocycles. The molecule has 1 N–H and O–H groups in total. The van der Waals surface area contributed by atoms with Gasteiger partial charge in [0.05, 0.1) is 12.8 Å². The number of rotatable bonds is 5. The monoisotopic (exact) mass is 247 g/mol. The molecule has 0 bridgehead atoms. The number of aryl methyl sites for hydroxylation is 1. The third-order valence-corrected chi connectivity index (χ3v) is 2.79. The number of methoxy groups -OCH3 is 1. The van der Waals surface area contributed by atoms with Gasteiger partial charge < -0.3 is 4.74 Å². The van der Waals surface area contributed by atoms with Crippen molar-refractivity contribution in [1.82, 2.24) is 14.8 Å². The predicted molar refractivity (Wildman–Crippen MR) is 69.3 cm³/mol. The molecule has 5 nitrogen and oxygen atoms in total. The molecule has 2 rings (SSSR count). The summed E-state index contributed by atoms with van der Waals surface area (Å²) in [6, 6.07) is 8.06. The number of aromatic amines is 1. The van der Waals surface area contributed by atoms with Crippen LogP contribution >= 0.6 is 0 Å². The Labute approximate surface area is 105 Å². The highest BCUT2D eigenvalue weighted by Gasteiger charge is 2.06. The molecule has 0 atom stereocenters. The van der Waals surface area contributed by atoms with E-state index in [0.29, 0.717) is 0 Å². The van der Waals surface area contributed by atoms with Gasteiger partial charge in [-0.2, -0.15) is 4.68 Å². The number of unbranched alkanes of at least 4 members (excludes halogenated alkanes) is 1. The fourth-order valence-electron chi connectivity index (χ4n) is 1.76. The van der Waals surface area contributed by atoms with Crippen molar-refractivity contribution in [2.45, 2.75) is 26.2 Å². The average molecular weight is 247 g/mol. The number of nitrogens with zero attached hydrogens (tertiary/aromatic N) is 2. The van der Waals surface area contributed by atoms with Crippen LogP contribution in [0.5, 0.6) is 6.01 Å². The molecule has 0 radical (unpaired) electrons. The van der Waals surface area contributed by atoms with Crippen LogP contribution < -0.4 is 10.4 Å². The van der Waals surface area contributed by atoms with Gasteiger partial charge in [-0.25, -0.2) is 4.79 Å². The van der Waals surface area contributed by atoms with E-state index in [4.69, 9.17) is 4.74 Å². The van der Waals surface area contributed by atoms with Crippen LogP contribution in [0.15, 0.2) is 29.1 Å². The first-order chi connectivity index (χ1) is 8.74. The van der Waals surface area contributed by atoms with Crippen LogP contribution in [-0.4, -0.2) is 21.9 Å². The highest BCUT2D eigenvalue weighted by Crippen LogP contribution is 2.10. The van der Waals surface area contributed by atoms with E-state index >= 15 is 0 Å². The molecule has 5 heteroatoms. The van der Waals surface area contributed by atoms with E-state index in [1.54, 1.807) is 0 Å². The lowest BCUT2D eigenvalue weighted by Crippen LogP contribution is -2.15. The molecule has 96 valence electrons. The molecular weight excluding hydrogens is 230 g/mol. The van der Waals surface area contributed by atoms with Gasteiger partial charge in [0.15, 0.2) is 0 Å². The summed E-state index contributed by atoms with van der Waals surface area (Å²) >= 11 is 0. The zero-order valence-electron chi connectivity index (χ0n) is 10.6. The summed E-state index contributed by atoms with van der Waals surface area (Å²) in [6.45, 7) is 2.17. The number of aromatic nitrogens is 3. The Kier molecular flexibility index (Phi) is 3.82. The minimum Gasteiger partial charge on any atom is -0.467 e. The predicted octanol–water partition coefficient (Wildman–Crippen LogP) is 1.91. The van der Waals surface area contributed by atoms with Gasteiger partial charge in [0.1, 0.15) is 0 Å². The normalized spacial score (nSPS) is 10.6. The van der Waals surface area contributed by atoms with Crippen molar-refractivity contribution < 1.29 is 4.74 Å². The third-order valence-electron chi connectivity index (χ3n) is 2.79. The van der Waals surface area contributed by atoms with Crippen molar-refractivity contribution in [2.75, 3.05) is 7.11 Å². The Morgan fingerprint density at radius 2 is 2.06 bits per heavy atom. The highest BCUT2D eigenvalue weighted by molar-refractivity contribution is 5.33. The second-order valence-electron chi connectivity index (χ2n) is 4.12. The van der Waals surface area contributed by atoms with Crippen LogP contribution in [-0.2, 0) is 6.42 Å². The van der Waals surface area contributed by atoms with Crippen LogP contribution in [0.4, 0.5) is 0 Å². The first-order valence-electron chi connectivity index (χ1n) is 6.07. The number of H-pyrrole nitrogens is 1. The van der Waals surface area contributed by atoms with E-state index < -0.39 is 0 Å². The minimum absolute atomic E-state index is 0.218. The average Bonchev–Trinajstić information content (AvgIpc) is 2.78. The van der Waals surface area contributed by atoms with Crippen LogP contribution in [0.1, 0.15) is 25.3 Å². The Hall–Kier alpha value is -2.04. The van der Waals surface area contributed by atoms with Crippen LogP contribution in [0, 0.1) is 0 Å². The first kappa shape index (κ1) is 12.4. The van der Waals surface area contributed by atoms with Crippen molar-refractivity contribution in [2.24, 2.45) is 0 Å². The third kappa shape index (κ3) is 2.61. The molecule has 0 amide bonds. The minimum atomic E-state index is -0.298. The molecule has 1 aromatic carbocycles. The summed E-state index contributed by atoms with van der Waals surface area (Å²) in [7, 11) is 1.47. The van der Waals surface area contributed by atoms with Crippen molar-refractivity contribution in [1.29, 1.82) is 0 Å². The van der Waals surface area contributed by atoms with Gasteiger partial charge in [-0.15, -0.1) is 5.10 Å². The van der Waals surface area contributed by atoms with Gasteiger partial charge in [0, 0.05) is 0 Å². The summed E-state index contributed by atoms with van der Waals surface area (Å²) in [5.41, 5.74) is 1.71. The Balaban J connectivity index is 2.23. The molecule has 0 spiro atoms. The van der Waals surface area contributed by atoms with E-state index in [-0.39, 0.29) is 11.7 Å². The smallest absolute Gasteiger partial charge is 0.350 e. The number of ether oxygens (including phenoxy) is 1. The second kappa shape index (κ2) is 5.53. The zero-order valence-corrected chi connectivity index (χ0v) is 10.6. The van der Waals surface area contributed by atoms with Gasteiger partial charge in [0.25, 0.3) is 0 Å². The topological polar surface area (TPSA) is 59.9 Å². The van der Waals surface area contributed by atoms with Gasteiger partial charge in [-0.1, -0.05) is 25.5 Å². The van der Waals surface area contributed by atoms with E-state index in [1.165, 1.54) is 30.2 Å². The molecule has 0 saturated heterocycles. The van der Waals surface area contributed by atoms with Crippen LogP contribution in [0.25, 0.3) is 5.69 Å². The van der Waals surface area contributed by atoms with Crippen molar-refractivity contribution >= 4 is 0 Å². The van der Waals surface area contributed by atoms with Crippen molar-refractivity contribution in [3.05, 3.63) is 40.3 Å². The fraction of sp³-hybridized carbons (Fsp3) is 0.385. The molecule has 2 aromatic rings. The molecule has 0 fully saturated rings. The molecule has 0 saturated carbocycles. The van der Waals surface area contributed by atoms with Gasteiger partial charge in [-0.05, 0) is 30.5 Å². The zero-order chi connectivity index (χ0) is 13.0. The summed E-state index contributed by atoms with van der Waals surface area (Å²) in [5.74, 6) is 0. The molecular formula is C13H17N3O2. The summed E-state index contributed by atoms with van der Waals surface area (Å²) < 4.78 is 6.18. The van der Waals surface area contributed by atoms with Crippen LogP contribution in [0.3, 0.4) is 0 Å². The lowest BCUT2D eigenvalue weighted by molar-refractivity contribution is 0.379. The number of hydrogen-bond acceptors (Lipinski definition) is 3. The largest absolute Gasteiger partial charge is 0.467 e. The summed E-state index contributed by atoms with van der Waals surface area (Å²) in [4.78, 5) is 14.1. The first-order valence-corrected chi connectivity index (χ1v) is 6.07. The van der Waals surface area contributed by atoms with Crippen molar-refractivity contribution in [3.8, 4) is 11.7 Å². The maximum absolute atomic E-state index is 11.6. The van der Waals surface area contributed by atoms with Gasteiger partial charge in [-0.3, -0.25) is 4.98 Å². The molecule has 1 heterocycles. The van der Waals surface area contributed by atoms with Crippen molar-refractivity contribution in [3.63, 3.8) is 0 Å². The Morgan fingerprint density at radius 1 is 1.33 bits per heavy atom. The maximum atomic E-state index is 11.6. The van der Waals surface area contributed by atoms with Gasteiger partial charge >= 0.3 is 11.7 Å². The fourth-order valence-corrected chi connectivity index (χ4v) is 1.76. The number of benzene rings is 1. The molecule has 18 heavy (non-hydrogen) atoms. The molecule has 0 aliphatic carbocycles. The number of nitrogens with one attached hydrogen (secondary N) is 1. The van der Waals surface area contributed by atoms with E-state index in [2.05, 4.69) is 17.0 Å². The molecule has 0 aliphatic heterocycles. The molecule has 0 aliphatic rings. The summed E-state index contributed by atoms with van der Waals surface area (Å²) in [6.07, 6.45) is 3.42. The summed E-state index contributed by atoms with van der Waals surface area (Å²) in [5, 5.41) is 4.02. The maximum Gasteiger partial charge on any atom is 0.350 e. The SMILES string of the molecule is CCCCc1ccc(-n2nc(OC)[nH]c2=O)cc1. The second-order valence-corrected chi connectivity index (χ2v) is 4.12. The quantitative estimate of drug-likeness (QED) is 0.878. The van der Waals surface area contributed by atoms with Gasteiger partial charge in [0.2, 0.25) is 0 Å². The van der Waals surface area contributed by atoms with E-state index in [1.807, 2.05) is 24.3 Å². The Bertz CT molecular complexity index is 554.